The smallest absolute Gasteiger partial charge is 0.262 e. The van der Waals surface area contributed by atoms with Gasteiger partial charge in [0.15, 0.2) is 10.8 Å². The van der Waals surface area contributed by atoms with Gasteiger partial charge in [0.25, 0.3) is 5.56 Å². The molecule has 0 amide bonds. The fraction of sp³-hybridized carbons (Fsp3) is 0.188. The van der Waals surface area contributed by atoms with E-state index in [0.29, 0.717) is 27.3 Å². The summed E-state index contributed by atoms with van der Waals surface area (Å²) in [4.78, 5) is 24.1. The molecule has 4 aromatic rings. The van der Waals surface area contributed by atoms with Crippen molar-refractivity contribution in [2.75, 3.05) is 0 Å². The van der Waals surface area contributed by atoms with Crippen molar-refractivity contribution in [1.82, 2.24) is 34.9 Å². The monoisotopic (exact) mass is 351 g/mol. The molecule has 8 nitrogen and oxygen atoms in total. The maximum Gasteiger partial charge on any atom is 0.262 e. The molecule has 1 aromatic carbocycles. The second kappa shape index (κ2) is 5.55. The number of nitrogens with one attached hydrogen (secondary N) is 2. The SMILES string of the molecule is O=c1[nH]c(Sc2n[nH]c(C3CC3)n2)nc2c1cnn2-c1ccccc1. The number of fused-ring (bicyclic) bond motifs is 1. The minimum Gasteiger partial charge on any atom is -0.300 e. The van der Waals surface area contributed by atoms with Crippen LogP contribution in [0.5, 0.6) is 0 Å². The van der Waals surface area contributed by atoms with Crippen molar-refractivity contribution in [2.24, 2.45) is 0 Å². The first-order chi connectivity index (χ1) is 12.3. The van der Waals surface area contributed by atoms with Gasteiger partial charge in [0.1, 0.15) is 11.2 Å². The van der Waals surface area contributed by atoms with Crippen LogP contribution in [0.15, 0.2) is 51.6 Å². The summed E-state index contributed by atoms with van der Waals surface area (Å²) >= 11 is 1.23. The molecular weight excluding hydrogens is 338 g/mol. The molecule has 1 aliphatic rings. The lowest BCUT2D eigenvalue weighted by Crippen LogP contribution is -2.09. The minimum absolute atomic E-state index is 0.229. The lowest BCUT2D eigenvalue weighted by molar-refractivity contribution is 0.869. The van der Waals surface area contributed by atoms with Crippen LogP contribution in [0.1, 0.15) is 24.6 Å². The third-order valence-corrected chi connectivity index (χ3v) is 4.80. The average Bonchev–Trinajstić information content (AvgIpc) is 3.22. The van der Waals surface area contributed by atoms with E-state index in [1.54, 1.807) is 4.68 Å². The molecule has 3 heterocycles. The molecule has 0 aliphatic heterocycles. The number of nitrogens with zero attached hydrogens (tertiary/aromatic N) is 5. The van der Waals surface area contributed by atoms with Crippen molar-refractivity contribution < 1.29 is 0 Å². The molecule has 0 radical (unpaired) electrons. The van der Waals surface area contributed by atoms with E-state index >= 15 is 0 Å². The molecule has 0 atom stereocenters. The lowest BCUT2D eigenvalue weighted by Gasteiger charge is -2.03. The second-order valence-corrected chi connectivity index (χ2v) is 6.84. The number of aromatic amines is 2. The Morgan fingerprint density at radius 1 is 1.16 bits per heavy atom. The van der Waals surface area contributed by atoms with E-state index in [1.165, 1.54) is 18.0 Å². The summed E-state index contributed by atoms with van der Waals surface area (Å²) in [5, 5.41) is 12.9. The van der Waals surface area contributed by atoms with Gasteiger partial charge in [-0.05, 0) is 36.7 Å². The standard InChI is InChI=1S/C16H13N7OS/c24-14-11-8-17-23(10-4-2-1-3-5-10)13(11)19-15(20-14)25-16-18-12(21-22-16)9-6-7-9/h1-5,8-9H,6-7H2,(H,18,21,22)(H,19,20,24). The molecule has 0 bridgehead atoms. The van der Waals surface area contributed by atoms with Crippen molar-refractivity contribution >= 4 is 22.8 Å². The number of aromatic nitrogens is 7. The maximum absolute atomic E-state index is 12.3. The van der Waals surface area contributed by atoms with Crippen LogP contribution < -0.4 is 5.56 Å². The average molecular weight is 351 g/mol. The van der Waals surface area contributed by atoms with E-state index < -0.39 is 0 Å². The van der Waals surface area contributed by atoms with Crippen LogP contribution in [-0.4, -0.2) is 34.9 Å². The molecule has 1 fully saturated rings. The molecule has 25 heavy (non-hydrogen) atoms. The third-order valence-electron chi connectivity index (χ3n) is 4.05. The van der Waals surface area contributed by atoms with Gasteiger partial charge in [0.05, 0.1) is 11.9 Å². The zero-order valence-corrected chi connectivity index (χ0v) is 13.8. The summed E-state index contributed by atoms with van der Waals surface area (Å²) in [5.74, 6) is 1.40. The van der Waals surface area contributed by atoms with Gasteiger partial charge >= 0.3 is 0 Å². The van der Waals surface area contributed by atoms with Crippen LogP contribution in [0, 0.1) is 0 Å². The Bertz CT molecular complexity index is 1110. The first-order valence-electron chi connectivity index (χ1n) is 7.91. The van der Waals surface area contributed by atoms with Crippen LogP contribution in [0.4, 0.5) is 0 Å². The second-order valence-electron chi connectivity index (χ2n) is 5.88. The lowest BCUT2D eigenvalue weighted by atomic mass is 10.3. The van der Waals surface area contributed by atoms with Gasteiger partial charge in [-0.25, -0.2) is 14.6 Å². The predicted octanol–water partition coefficient (Wildman–Crippen LogP) is 2.26. The van der Waals surface area contributed by atoms with E-state index in [0.717, 1.165) is 24.4 Å². The normalized spacial score (nSPS) is 14.2. The van der Waals surface area contributed by atoms with E-state index in [1.807, 2.05) is 30.3 Å². The van der Waals surface area contributed by atoms with Gasteiger partial charge in [0, 0.05) is 5.92 Å². The number of benzene rings is 1. The molecule has 3 aromatic heterocycles. The van der Waals surface area contributed by atoms with Gasteiger partial charge in [0.2, 0.25) is 5.16 Å². The quantitative estimate of drug-likeness (QED) is 0.546. The fourth-order valence-electron chi connectivity index (χ4n) is 2.63. The van der Waals surface area contributed by atoms with Crippen LogP contribution in [0.25, 0.3) is 16.7 Å². The van der Waals surface area contributed by atoms with Crippen LogP contribution >= 0.6 is 11.8 Å². The summed E-state index contributed by atoms with van der Waals surface area (Å²) < 4.78 is 1.65. The molecule has 2 N–H and O–H groups in total. The molecule has 1 aliphatic carbocycles. The summed E-state index contributed by atoms with van der Waals surface area (Å²) in [6, 6.07) is 9.59. The van der Waals surface area contributed by atoms with E-state index in [2.05, 4.69) is 30.2 Å². The van der Waals surface area contributed by atoms with Crippen LogP contribution in [0.2, 0.25) is 0 Å². The highest BCUT2D eigenvalue weighted by Crippen LogP contribution is 2.38. The van der Waals surface area contributed by atoms with Gasteiger partial charge in [-0.15, -0.1) is 5.10 Å². The first kappa shape index (κ1) is 14.4. The largest absolute Gasteiger partial charge is 0.300 e. The van der Waals surface area contributed by atoms with Gasteiger partial charge in [-0.1, -0.05) is 18.2 Å². The Hall–Kier alpha value is -2.94. The summed E-state index contributed by atoms with van der Waals surface area (Å²) in [5.41, 5.74) is 1.13. The molecule has 124 valence electrons. The van der Waals surface area contributed by atoms with Crippen molar-refractivity contribution in [3.8, 4) is 5.69 Å². The first-order valence-corrected chi connectivity index (χ1v) is 8.73. The van der Waals surface area contributed by atoms with E-state index in [-0.39, 0.29) is 5.56 Å². The van der Waals surface area contributed by atoms with Crippen LogP contribution in [0.3, 0.4) is 0 Å². The Morgan fingerprint density at radius 3 is 2.80 bits per heavy atom. The molecular formula is C16H13N7OS. The molecule has 5 rings (SSSR count). The molecule has 0 saturated heterocycles. The van der Waals surface area contributed by atoms with E-state index in [4.69, 9.17) is 0 Å². The molecule has 1 saturated carbocycles. The van der Waals surface area contributed by atoms with Gasteiger partial charge < -0.3 is 4.98 Å². The van der Waals surface area contributed by atoms with Gasteiger partial charge in [-0.2, -0.15) is 5.10 Å². The topological polar surface area (TPSA) is 105 Å². The number of hydrogen-bond donors (Lipinski definition) is 2. The summed E-state index contributed by atoms with van der Waals surface area (Å²) in [6.45, 7) is 0. The van der Waals surface area contributed by atoms with Crippen molar-refractivity contribution in [1.29, 1.82) is 0 Å². The van der Waals surface area contributed by atoms with Crippen LogP contribution in [-0.2, 0) is 0 Å². The minimum atomic E-state index is -0.229. The highest BCUT2D eigenvalue weighted by Gasteiger charge is 2.27. The van der Waals surface area contributed by atoms with Crippen molar-refractivity contribution in [3.05, 3.63) is 52.7 Å². The Labute approximate surface area is 145 Å². The maximum atomic E-state index is 12.3. The molecule has 9 heteroatoms. The number of rotatable bonds is 4. The number of para-hydroxylation sites is 1. The third kappa shape index (κ3) is 2.62. The van der Waals surface area contributed by atoms with E-state index in [9.17, 15) is 4.79 Å². The van der Waals surface area contributed by atoms with Crippen molar-refractivity contribution in [3.63, 3.8) is 0 Å². The molecule has 0 spiro atoms. The highest BCUT2D eigenvalue weighted by atomic mass is 32.2. The predicted molar refractivity (Wildman–Crippen MR) is 92.0 cm³/mol. The Morgan fingerprint density at radius 2 is 2.00 bits per heavy atom. The summed E-state index contributed by atoms with van der Waals surface area (Å²) in [6.07, 6.45) is 3.83. The molecule has 0 unspecified atom stereocenters. The number of H-pyrrole nitrogens is 2. The van der Waals surface area contributed by atoms with Gasteiger partial charge in [-0.3, -0.25) is 9.89 Å². The Kier molecular flexibility index (Phi) is 3.20. The van der Waals surface area contributed by atoms with Crippen molar-refractivity contribution in [2.45, 2.75) is 29.1 Å². The zero-order valence-electron chi connectivity index (χ0n) is 13.0. The highest BCUT2D eigenvalue weighted by molar-refractivity contribution is 7.99. The zero-order chi connectivity index (χ0) is 16.8. The fourth-order valence-corrected chi connectivity index (χ4v) is 3.32. The Balaban J connectivity index is 1.55. The number of hydrogen-bond acceptors (Lipinski definition) is 6. The summed E-state index contributed by atoms with van der Waals surface area (Å²) in [7, 11) is 0.